The van der Waals surface area contributed by atoms with E-state index in [4.69, 9.17) is 5.11 Å². The van der Waals surface area contributed by atoms with Crippen LogP contribution in [0.2, 0.25) is 0 Å². The Kier molecular flexibility index (Phi) is 8.44. The highest BCUT2D eigenvalue weighted by atomic mass is 16.4. The summed E-state index contributed by atoms with van der Waals surface area (Å²) in [6, 6.07) is 6.01. The van der Waals surface area contributed by atoms with Crippen LogP contribution in [-0.4, -0.2) is 28.6 Å². The van der Waals surface area contributed by atoms with Gasteiger partial charge in [-0.1, -0.05) is 44.7 Å². The number of Topliss-reactive ketones (excluding diaryl/α,β-unsaturated/α-hetero) is 1. The Bertz CT molecular complexity index is 464. The molecular formula is C18H26O4. The van der Waals surface area contributed by atoms with Gasteiger partial charge in [-0.25, -0.2) is 4.79 Å². The second kappa shape index (κ2) is 10.1. The van der Waals surface area contributed by atoms with Crippen LogP contribution in [0.15, 0.2) is 24.3 Å². The van der Waals surface area contributed by atoms with Crippen LogP contribution in [-0.2, 0) is 0 Å². The number of rotatable bonds is 11. The minimum absolute atomic E-state index is 0.00365. The first-order valence-electron chi connectivity index (χ1n) is 8.05. The molecule has 1 aromatic rings. The van der Waals surface area contributed by atoms with Crippen LogP contribution in [0.1, 0.15) is 72.6 Å². The van der Waals surface area contributed by atoms with Crippen molar-refractivity contribution in [2.75, 3.05) is 6.61 Å². The molecule has 1 atom stereocenters. The summed E-state index contributed by atoms with van der Waals surface area (Å²) >= 11 is 0. The molecule has 0 aromatic heterocycles. The van der Waals surface area contributed by atoms with E-state index in [0.29, 0.717) is 18.4 Å². The fourth-order valence-corrected chi connectivity index (χ4v) is 2.46. The molecule has 1 unspecified atom stereocenters. The Morgan fingerprint density at radius 2 is 1.64 bits per heavy atom. The molecule has 0 amide bonds. The second-order valence-electron chi connectivity index (χ2n) is 5.74. The van der Waals surface area contributed by atoms with Gasteiger partial charge in [0.25, 0.3) is 0 Å². The maximum atomic E-state index is 12.1. The lowest BCUT2D eigenvalue weighted by Crippen LogP contribution is -2.10. The minimum atomic E-state index is -0.994. The Balaban J connectivity index is 2.41. The van der Waals surface area contributed by atoms with Gasteiger partial charge < -0.3 is 10.2 Å². The fraction of sp³-hybridized carbons (Fsp3) is 0.556. The molecule has 0 aliphatic carbocycles. The van der Waals surface area contributed by atoms with Crippen molar-refractivity contribution in [3.05, 3.63) is 35.4 Å². The Morgan fingerprint density at radius 1 is 1.00 bits per heavy atom. The molecular weight excluding hydrogens is 280 g/mol. The molecule has 0 aliphatic heterocycles. The van der Waals surface area contributed by atoms with Gasteiger partial charge in [0, 0.05) is 18.6 Å². The lowest BCUT2D eigenvalue weighted by molar-refractivity contribution is 0.0696. The molecule has 0 saturated heterocycles. The Morgan fingerprint density at radius 3 is 2.18 bits per heavy atom. The van der Waals surface area contributed by atoms with Crippen LogP contribution in [0, 0.1) is 5.92 Å². The van der Waals surface area contributed by atoms with E-state index in [0.717, 1.165) is 12.8 Å². The Labute approximate surface area is 132 Å². The quantitative estimate of drug-likeness (QED) is 0.480. The van der Waals surface area contributed by atoms with Gasteiger partial charge in [-0.05, 0) is 30.9 Å². The van der Waals surface area contributed by atoms with E-state index < -0.39 is 5.97 Å². The lowest BCUT2D eigenvalue weighted by atomic mass is 9.94. The van der Waals surface area contributed by atoms with Gasteiger partial charge in [-0.2, -0.15) is 0 Å². The van der Waals surface area contributed by atoms with Crippen LogP contribution in [0.4, 0.5) is 0 Å². The number of carbonyl (C=O) groups excluding carboxylic acids is 1. The van der Waals surface area contributed by atoms with Crippen molar-refractivity contribution in [2.45, 2.75) is 51.9 Å². The van der Waals surface area contributed by atoms with E-state index in [-0.39, 0.29) is 23.9 Å². The number of aliphatic hydroxyl groups excluding tert-OH is 1. The predicted octanol–water partition coefficient (Wildman–Crippen LogP) is 3.93. The lowest BCUT2D eigenvalue weighted by Gasteiger charge is -2.13. The summed E-state index contributed by atoms with van der Waals surface area (Å²) in [4.78, 5) is 22.9. The molecule has 1 aromatic carbocycles. The highest BCUT2D eigenvalue weighted by Crippen LogP contribution is 2.18. The maximum absolute atomic E-state index is 12.1. The Hall–Kier alpha value is -1.68. The van der Waals surface area contributed by atoms with Gasteiger partial charge in [0.1, 0.15) is 0 Å². The van der Waals surface area contributed by atoms with Crippen molar-refractivity contribution in [3.8, 4) is 0 Å². The molecule has 0 spiro atoms. The first-order chi connectivity index (χ1) is 10.6. The fourth-order valence-electron chi connectivity index (χ4n) is 2.46. The molecule has 2 N–H and O–H groups in total. The van der Waals surface area contributed by atoms with Crippen molar-refractivity contribution in [1.29, 1.82) is 0 Å². The number of unbranched alkanes of at least 4 members (excludes halogenated alkanes) is 3. The van der Waals surface area contributed by atoms with Crippen LogP contribution in [0.5, 0.6) is 0 Å². The third-order valence-corrected chi connectivity index (χ3v) is 3.96. The monoisotopic (exact) mass is 306 g/mol. The number of hydrogen-bond donors (Lipinski definition) is 2. The number of benzene rings is 1. The maximum Gasteiger partial charge on any atom is 0.335 e. The van der Waals surface area contributed by atoms with Gasteiger partial charge in [0.15, 0.2) is 5.78 Å². The van der Waals surface area contributed by atoms with Gasteiger partial charge in [0.05, 0.1) is 5.56 Å². The molecule has 1 rings (SSSR count). The molecule has 0 heterocycles. The normalized spacial score (nSPS) is 12.1. The van der Waals surface area contributed by atoms with Crippen molar-refractivity contribution >= 4 is 11.8 Å². The summed E-state index contributed by atoms with van der Waals surface area (Å²) in [5, 5.41) is 18.2. The first-order valence-corrected chi connectivity index (χ1v) is 8.05. The number of carbonyl (C=O) groups is 2. The van der Waals surface area contributed by atoms with E-state index in [1.165, 1.54) is 31.4 Å². The van der Waals surface area contributed by atoms with E-state index in [1.807, 2.05) is 0 Å². The van der Waals surface area contributed by atoms with Gasteiger partial charge in [-0.3, -0.25) is 4.79 Å². The topological polar surface area (TPSA) is 74.6 Å². The molecule has 0 saturated carbocycles. The number of ketones is 1. The molecule has 4 heteroatoms. The van der Waals surface area contributed by atoms with Crippen LogP contribution >= 0.6 is 0 Å². The van der Waals surface area contributed by atoms with Crippen LogP contribution in [0.3, 0.4) is 0 Å². The molecule has 0 fully saturated rings. The van der Waals surface area contributed by atoms with Crippen molar-refractivity contribution in [2.24, 2.45) is 5.92 Å². The minimum Gasteiger partial charge on any atom is -0.478 e. The zero-order valence-corrected chi connectivity index (χ0v) is 13.3. The first kappa shape index (κ1) is 18.4. The van der Waals surface area contributed by atoms with Crippen LogP contribution < -0.4 is 0 Å². The van der Waals surface area contributed by atoms with Crippen LogP contribution in [0.25, 0.3) is 0 Å². The smallest absolute Gasteiger partial charge is 0.335 e. The van der Waals surface area contributed by atoms with Crippen molar-refractivity contribution in [3.63, 3.8) is 0 Å². The molecule has 0 aliphatic rings. The summed E-state index contributed by atoms with van der Waals surface area (Å²) in [7, 11) is 0. The summed E-state index contributed by atoms with van der Waals surface area (Å²) in [5.74, 6) is -0.811. The molecule has 4 nitrogen and oxygen atoms in total. The summed E-state index contributed by atoms with van der Waals surface area (Å²) < 4.78 is 0. The summed E-state index contributed by atoms with van der Waals surface area (Å²) in [5.41, 5.74) is 0.716. The van der Waals surface area contributed by atoms with E-state index >= 15 is 0 Å². The highest BCUT2D eigenvalue weighted by molar-refractivity contribution is 5.97. The van der Waals surface area contributed by atoms with E-state index in [9.17, 15) is 14.7 Å². The standard InChI is InChI=1S/C18H26O4/c1-2-3-4-5-6-14(13-19)7-12-17(20)15-8-10-16(11-9-15)18(21)22/h8-11,14,19H,2-7,12-13H2,1H3,(H,21,22). The molecule has 0 radical (unpaired) electrons. The van der Waals surface area contributed by atoms with E-state index in [1.54, 1.807) is 12.1 Å². The van der Waals surface area contributed by atoms with Crippen molar-refractivity contribution in [1.82, 2.24) is 0 Å². The SMILES string of the molecule is CCCCCCC(CO)CCC(=O)c1ccc(C(=O)O)cc1. The van der Waals surface area contributed by atoms with E-state index in [2.05, 4.69) is 6.92 Å². The van der Waals surface area contributed by atoms with Crippen molar-refractivity contribution < 1.29 is 19.8 Å². The number of hydrogen-bond acceptors (Lipinski definition) is 3. The van der Waals surface area contributed by atoms with Gasteiger partial charge in [-0.15, -0.1) is 0 Å². The third-order valence-electron chi connectivity index (χ3n) is 3.96. The number of carboxylic acid groups (broad SMARTS) is 1. The predicted molar refractivity (Wildman–Crippen MR) is 86.3 cm³/mol. The number of aliphatic hydroxyl groups is 1. The average Bonchev–Trinajstić information content (AvgIpc) is 2.54. The average molecular weight is 306 g/mol. The number of aromatic carboxylic acids is 1. The van der Waals surface area contributed by atoms with Gasteiger partial charge in [0.2, 0.25) is 0 Å². The largest absolute Gasteiger partial charge is 0.478 e. The molecule has 122 valence electrons. The third kappa shape index (κ3) is 6.39. The number of carboxylic acids is 1. The highest BCUT2D eigenvalue weighted by Gasteiger charge is 2.12. The molecule has 22 heavy (non-hydrogen) atoms. The van der Waals surface area contributed by atoms with Gasteiger partial charge >= 0.3 is 5.97 Å². The second-order valence-corrected chi connectivity index (χ2v) is 5.74. The molecule has 0 bridgehead atoms. The zero-order chi connectivity index (χ0) is 16.4. The zero-order valence-electron chi connectivity index (χ0n) is 13.3. The summed E-state index contributed by atoms with van der Waals surface area (Å²) in [6.45, 7) is 2.29. The summed E-state index contributed by atoms with van der Waals surface area (Å²) in [6.07, 6.45) is 6.72.